The quantitative estimate of drug-likeness (QED) is 0.582. The van der Waals surface area contributed by atoms with Crippen LogP contribution in [-0.2, 0) is 11.3 Å². The van der Waals surface area contributed by atoms with Gasteiger partial charge in [0.15, 0.2) is 5.78 Å². The highest BCUT2D eigenvalue weighted by Crippen LogP contribution is 2.16. The van der Waals surface area contributed by atoms with Gasteiger partial charge in [0.1, 0.15) is 6.54 Å². The van der Waals surface area contributed by atoms with Crippen LogP contribution in [0, 0.1) is 0 Å². The Morgan fingerprint density at radius 2 is 1.79 bits per heavy atom. The molecule has 1 aromatic heterocycles. The molecular weight excluding hydrogens is 364 g/mol. The van der Waals surface area contributed by atoms with E-state index >= 15 is 0 Å². The smallest absolute Gasteiger partial charge is 0.323 e. The Hall–Kier alpha value is -4.01. The van der Waals surface area contributed by atoms with E-state index in [2.05, 4.69) is 15.6 Å². The summed E-state index contributed by atoms with van der Waals surface area (Å²) in [6, 6.07) is 10.5. The van der Waals surface area contributed by atoms with Crippen molar-refractivity contribution in [1.29, 1.82) is 0 Å². The molecule has 0 bridgehead atoms. The fourth-order valence-corrected chi connectivity index (χ4v) is 2.60. The molecule has 9 nitrogen and oxygen atoms in total. The molecule has 9 heteroatoms. The third-order valence-corrected chi connectivity index (χ3v) is 3.91. The van der Waals surface area contributed by atoms with Crippen molar-refractivity contribution < 1.29 is 19.5 Å². The van der Waals surface area contributed by atoms with Crippen molar-refractivity contribution in [2.24, 2.45) is 0 Å². The standard InChI is InChI=1S/C19H16N4O5/c1-11(24)12-3-2-4-13(7-12)21-19(28)22-14-5-6-16-15(8-14)18(27)23(10-20-16)9-17(25)26/h2-8,10H,9H2,1H3,(H,25,26)(H2,21,22,28). The highest BCUT2D eigenvalue weighted by atomic mass is 16.4. The van der Waals surface area contributed by atoms with Gasteiger partial charge in [-0.1, -0.05) is 12.1 Å². The van der Waals surface area contributed by atoms with Crippen molar-refractivity contribution in [1.82, 2.24) is 9.55 Å². The Morgan fingerprint density at radius 1 is 1.07 bits per heavy atom. The van der Waals surface area contributed by atoms with Crippen LogP contribution in [0.15, 0.2) is 53.6 Å². The van der Waals surface area contributed by atoms with Crippen molar-refractivity contribution in [2.75, 3.05) is 10.6 Å². The van der Waals surface area contributed by atoms with Crippen LogP contribution < -0.4 is 16.2 Å². The molecule has 0 atom stereocenters. The number of carboxylic acid groups (broad SMARTS) is 1. The minimum absolute atomic E-state index is 0.122. The molecule has 3 rings (SSSR count). The summed E-state index contributed by atoms with van der Waals surface area (Å²) in [4.78, 5) is 50.9. The second-order valence-corrected chi connectivity index (χ2v) is 6.02. The van der Waals surface area contributed by atoms with Gasteiger partial charge < -0.3 is 15.7 Å². The van der Waals surface area contributed by atoms with Crippen LogP contribution in [0.2, 0.25) is 0 Å². The van der Waals surface area contributed by atoms with E-state index in [1.54, 1.807) is 36.4 Å². The number of ketones is 1. The van der Waals surface area contributed by atoms with Crippen LogP contribution in [0.5, 0.6) is 0 Å². The average molecular weight is 380 g/mol. The molecule has 3 N–H and O–H groups in total. The van der Waals surface area contributed by atoms with Crippen LogP contribution in [0.25, 0.3) is 10.9 Å². The zero-order chi connectivity index (χ0) is 20.3. The monoisotopic (exact) mass is 380 g/mol. The molecule has 0 saturated heterocycles. The summed E-state index contributed by atoms with van der Waals surface area (Å²) in [6.07, 6.45) is 1.17. The molecule has 142 valence electrons. The number of carbonyl (C=O) groups is 3. The molecule has 0 aliphatic carbocycles. The highest BCUT2D eigenvalue weighted by Gasteiger charge is 2.10. The zero-order valence-corrected chi connectivity index (χ0v) is 14.8. The summed E-state index contributed by atoms with van der Waals surface area (Å²) in [5.41, 5.74) is 1.10. The van der Waals surface area contributed by atoms with Gasteiger partial charge in [-0.25, -0.2) is 9.78 Å². The van der Waals surface area contributed by atoms with Crippen LogP contribution in [0.1, 0.15) is 17.3 Å². The lowest BCUT2D eigenvalue weighted by Crippen LogP contribution is -2.24. The third kappa shape index (κ3) is 4.21. The number of benzene rings is 2. The van der Waals surface area contributed by atoms with Crippen molar-refractivity contribution in [3.8, 4) is 0 Å². The Bertz CT molecular complexity index is 1150. The number of carbonyl (C=O) groups excluding carboxylic acids is 2. The fraction of sp³-hybridized carbons (Fsp3) is 0.105. The van der Waals surface area contributed by atoms with E-state index in [1.807, 2.05) is 0 Å². The Morgan fingerprint density at radius 3 is 2.46 bits per heavy atom. The number of nitrogens with zero attached hydrogens (tertiary/aromatic N) is 2. The number of aromatic nitrogens is 2. The van der Waals surface area contributed by atoms with Gasteiger partial charge in [0.05, 0.1) is 17.2 Å². The number of nitrogens with one attached hydrogen (secondary N) is 2. The zero-order valence-electron chi connectivity index (χ0n) is 14.8. The molecule has 2 amide bonds. The van der Waals surface area contributed by atoms with Crippen molar-refractivity contribution in [2.45, 2.75) is 13.5 Å². The first-order valence-electron chi connectivity index (χ1n) is 8.23. The van der Waals surface area contributed by atoms with Crippen LogP contribution >= 0.6 is 0 Å². The summed E-state index contributed by atoms with van der Waals surface area (Å²) >= 11 is 0. The first kappa shape index (κ1) is 18.8. The minimum Gasteiger partial charge on any atom is -0.480 e. The molecule has 1 heterocycles. The van der Waals surface area contributed by atoms with Crippen molar-refractivity contribution in [3.63, 3.8) is 0 Å². The topological polar surface area (TPSA) is 130 Å². The summed E-state index contributed by atoms with van der Waals surface area (Å²) in [5.74, 6) is -1.28. The summed E-state index contributed by atoms with van der Waals surface area (Å²) in [6.45, 7) is 0.922. The average Bonchev–Trinajstić information content (AvgIpc) is 2.64. The molecule has 0 radical (unpaired) electrons. The first-order chi connectivity index (χ1) is 13.3. The number of aliphatic carboxylic acids is 1. The van der Waals surface area contributed by atoms with E-state index in [4.69, 9.17) is 5.11 Å². The SMILES string of the molecule is CC(=O)c1cccc(NC(=O)Nc2ccc3ncn(CC(=O)O)c(=O)c3c2)c1. The predicted octanol–water partition coefficient (Wildman–Crippen LogP) is 2.33. The number of anilines is 2. The molecule has 0 fully saturated rings. The summed E-state index contributed by atoms with van der Waals surface area (Å²) in [5, 5.41) is 14.2. The maximum absolute atomic E-state index is 12.4. The number of Topliss-reactive ketones (excluding diaryl/α,β-unsaturated/α-hetero) is 1. The Labute approximate surface area is 158 Å². The van der Waals surface area contributed by atoms with Gasteiger partial charge in [-0.05, 0) is 37.3 Å². The van der Waals surface area contributed by atoms with Crippen LogP contribution in [0.4, 0.5) is 16.2 Å². The number of carboxylic acids is 1. The number of amides is 2. The van der Waals surface area contributed by atoms with Gasteiger partial charge in [0, 0.05) is 16.9 Å². The molecular formula is C19H16N4O5. The maximum atomic E-state index is 12.4. The minimum atomic E-state index is -1.16. The van der Waals surface area contributed by atoms with E-state index in [1.165, 1.54) is 19.3 Å². The van der Waals surface area contributed by atoms with Gasteiger partial charge in [-0.2, -0.15) is 0 Å². The normalized spacial score (nSPS) is 10.5. The second kappa shape index (κ2) is 7.70. The first-order valence-corrected chi connectivity index (χ1v) is 8.23. The number of rotatable bonds is 5. The Kier molecular flexibility index (Phi) is 5.16. The fourth-order valence-electron chi connectivity index (χ4n) is 2.60. The number of fused-ring (bicyclic) bond motifs is 1. The Balaban J connectivity index is 1.81. The number of hydrogen-bond acceptors (Lipinski definition) is 5. The van der Waals surface area contributed by atoms with Crippen molar-refractivity contribution >= 4 is 40.1 Å². The lowest BCUT2D eigenvalue weighted by Gasteiger charge is -2.09. The van der Waals surface area contributed by atoms with Gasteiger partial charge in [0.25, 0.3) is 5.56 Å². The molecule has 28 heavy (non-hydrogen) atoms. The van der Waals surface area contributed by atoms with Crippen molar-refractivity contribution in [3.05, 3.63) is 64.7 Å². The molecule has 0 aliphatic rings. The maximum Gasteiger partial charge on any atom is 0.323 e. The second-order valence-electron chi connectivity index (χ2n) is 6.02. The number of urea groups is 1. The van der Waals surface area contributed by atoms with E-state index < -0.39 is 24.1 Å². The van der Waals surface area contributed by atoms with E-state index in [-0.39, 0.29) is 11.2 Å². The lowest BCUT2D eigenvalue weighted by atomic mass is 10.1. The van der Waals surface area contributed by atoms with E-state index in [9.17, 15) is 19.2 Å². The number of hydrogen-bond donors (Lipinski definition) is 3. The van der Waals surface area contributed by atoms with E-state index in [0.717, 1.165) is 4.57 Å². The molecule has 0 aliphatic heterocycles. The molecule has 2 aromatic carbocycles. The molecule has 0 saturated carbocycles. The molecule has 0 unspecified atom stereocenters. The van der Waals surface area contributed by atoms with Gasteiger partial charge in [-0.15, -0.1) is 0 Å². The predicted molar refractivity (Wildman–Crippen MR) is 103 cm³/mol. The largest absolute Gasteiger partial charge is 0.480 e. The van der Waals surface area contributed by atoms with Gasteiger partial charge >= 0.3 is 12.0 Å². The van der Waals surface area contributed by atoms with Gasteiger partial charge in [-0.3, -0.25) is 19.0 Å². The summed E-state index contributed by atoms with van der Waals surface area (Å²) < 4.78 is 0.974. The lowest BCUT2D eigenvalue weighted by molar-refractivity contribution is -0.137. The van der Waals surface area contributed by atoms with Gasteiger partial charge in [0.2, 0.25) is 0 Å². The highest BCUT2D eigenvalue weighted by molar-refractivity contribution is 6.02. The summed E-state index contributed by atoms with van der Waals surface area (Å²) in [7, 11) is 0. The van der Waals surface area contributed by atoms with Crippen LogP contribution in [0.3, 0.4) is 0 Å². The van der Waals surface area contributed by atoms with E-state index in [0.29, 0.717) is 22.5 Å². The van der Waals surface area contributed by atoms with Crippen LogP contribution in [-0.4, -0.2) is 32.4 Å². The third-order valence-electron chi connectivity index (χ3n) is 3.91. The molecule has 3 aromatic rings. The molecule has 0 spiro atoms.